The van der Waals surface area contributed by atoms with Crippen LogP contribution in [-0.4, -0.2) is 24.5 Å². The van der Waals surface area contributed by atoms with E-state index in [9.17, 15) is 22.4 Å². The molecule has 0 spiro atoms. The molecule has 10 heteroatoms. The molecule has 4 rings (SSSR count). The second kappa shape index (κ2) is 6.97. The smallest absolute Gasteiger partial charge is 0.287 e. The van der Waals surface area contributed by atoms with Crippen molar-refractivity contribution in [2.45, 2.75) is 6.18 Å². The standard InChI is InChI=1S/C19H11F4N5O/c20-13-3-1-2-4-14(13)28-15(6-9-25-28)18-16(29)7-10-27(26-18)12-5-8-24-17(11-12)19(21,22)23/h1-11H. The van der Waals surface area contributed by atoms with Gasteiger partial charge in [0.05, 0.1) is 17.6 Å². The van der Waals surface area contributed by atoms with Gasteiger partial charge in [-0.1, -0.05) is 12.1 Å². The average Bonchev–Trinajstić information content (AvgIpc) is 3.17. The van der Waals surface area contributed by atoms with E-state index in [0.717, 1.165) is 23.0 Å². The Morgan fingerprint density at radius 2 is 1.76 bits per heavy atom. The van der Waals surface area contributed by atoms with Crippen LogP contribution in [0.2, 0.25) is 0 Å². The number of benzene rings is 1. The van der Waals surface area contributed by atoms with E-state index in [-0.39, 0.29) is 22.8 Å². The Kier molecular flexibility index (Phi) is 4.45. The van der Waals surface area contributed by atoms with Gasteiger partial charge in [0.1, 0.15) is 17.2 Å². The van der Waals surface area contributed by atoms with Gasteiger partial charge in [0.2, 0.25) is 5.43 Å². The van der Waals surface area contributed by atoms with Crippen LogP contribution in [0, 0.1) is 5.82 Å². The molecule has 0 unspecified atom stereocenters. The summed E-state index contributed by atoms with van der Waals surface area (Å²) in [6.07, 6.45) is -1.01. The van der Waals surface area contributed by atoms with Crippen LogP contribution in [0.4, 0.5) is 17.6 Å². The van der Waals surface area contributed by atoms with E-state index in [1.165, 1.54) is 47.4 Å². The first-order valence-electron chi connectivity index (χ1n) is 8.27. The number of pyridine rings is 1. The maximum Gasteiger partial charge on any atom is 0.433 e. The third kappa shape index (κ3) is 3.51. The molecule has 0 aliphatic carbocycles. The Bertz CT molecular complexity index is 1250. The van der Waals surface area contributed by atoms with Gasteiger partial charge in [-0.25, -0.2) is 13.8 Å². The van der Waals surface area contributed by atoms with Crippen molar-refractivity contribution in [1.29, 1.82) is 0 Å². The number of hydrogen-bond donors (Lipinski definition) is 0. The molecule has 0 saturated carbocycles. The van der Waals surface area contributed by atoms with Crippen molar-refractivity contribution in [2.24, 2.45) is 0 Å². The number of nitrogens with zero attached hydrogens (tertiary/aromatic N) is 5. The third-order valence-electron chi connectivity index (χ3n) is 4.07. The maximum absolute atomic E-state index is 14.2. The normalized spacial score (nSPS) is 11.6. The molecule has 146 valence electrons. The fourth-order valence-corrected chi connectivity index (χ4v) is 2.74. The zero-order valence-corrected chi connectivity index (χ0v) is 14.5. The minimum Gasteiger partial charge on any atom is -0.287 e. The molecule has 0 saturated heterocycles. The van der Waals surface area contributed by atoms with Crippen molar-refractivity contribution in [2.75, 3.05) is 0 Å². The zero-order valence-electron chi connectivity index (χ0n) is 14.5. The molecule has 0 radical (unpaired) electrons. The molecule has 3 heterocycles. The lowest BCUT2D eigenvalue weighted by atomic mass is 10.2. The third-order valence-corrected chi connectivity index (χ3v) is 4.07. The van der Waals surface area contributed by atoms with Gasteiger partial charge in [-0.2, -0.15) is 23.4 Å². The van der Waals surface area contributed by atoms with Gasteiger partial charge in [0.25, 0.3) is 0 Å². The summed E-state index contributed by atoms with van der Waals surface area (Å²) >= 11 is 0. The topological polar surface area (TPSA) is 65.6 Å². The van der Waals surface area contributed by atoms with Gasteiger partial charge in [0.15, 0.2) is 5.69 Å². The first kappa shape index (κ1) is 18.5. The monoisotopic (exact) mass is 401 g/mol. The predicted molar refractivity (Wildman–Crippen MR) is 95.1 cm³/mol. The van der Waals surface area contributed by atoms with Crippen molar-refractivity contribution in [3.63, 3.8) is 0 Å². The molecule has 0 aliphatic rings. The first-order valence-corrected chi connectivity index (χ1v) is 8.27. The fraction of sp³-hybridized carbons (Fsp3) is 0.0526. The van der Waals surface area contributed by atoms with Crippen molar-refractivity contribution >= 4 is 0 Å². The molecule has 0 aliphatic heterocycles. The van der Waals surface area contributed by atoms with Crippen LogP contribution < -0.4 is 5.43 Å². The lowest BCUT2D eigenvalue weighted by Gasteiger charge is -2.11. The van der Waals surface area contributed by atoms with Gasteiger partial charge in [-0.05, 0) is 30.3 Å². The number of para-hydroxylation sites is 1. The lowest BCUT2D eigenvalue weighted by Crippen LogP contribution is -2.16. The van der Waals surface area contributed by atoms with E-state index < -0.39 is 23.1 Å². The summed E-state index contributed by atoms with van der Waals surface area (Å²) in [7, 11) is 0. The number of alkyl halides is 3. The molecule has 6 nitrogen and oxygen atoms in total. The van der Waals surface area contributed by atoms with E-state index in [1.807, 2.05) is 0 Å². The summed E-state index contributed by atoms with van der Waals surface area (Å²) in [6, 6.07) is 10.6. The predicted octanol–water partition coefficient (Wildman–Crippen LogP) is 3.64. The molecule has 0 fully saturated rings. The van der Waals surface area contributed by atoms with Crippen LogP contribution in [0.5, 0.6) is 0 Å². The van der Waals surface area contributed by atoms with Crippen LogP contribution >= 0.6 is 0 Å². The fourth-order valence-electron chi connectivity index (χ4n) is 2.74. The van der Waals surface area contributed by atoms with Crippen molar-refractivity contribution in [3.05, 3.63) is 88.9 Å². The Hall–Kier alpha value is -3.82. The number of aromatic nitrogens is 5. The highest BCUT2D eigenvalue weighted by Crippen LogP contribution is 2.28. The van der Waals surface area contributed by atoms with Gasteiger partial charge < -0.3 is 0 Å². The minimum atomic E-state index is -4.62. The van der Waals surface area contributed by atoms with Crippen molar-refractivity contribution < 1.29 is 17.6 Å². The highest BCUT2D eigenvalue weighted by Gasteiger charge is 2.32. The van der Waals surface area contributed by atoms with Crippen LogP contribution in [0.1, 0.15) is 5.69 Å². The Balaban J connectivity index is 1.84. The molecule has 0 amide bonds. The molecule has 0 N–H and O–H groups in total. The maximum atomic E-state index is 14.2. The van der Waals surface area contributed by atoms with E-state index in [0.29, 0.717) is 0 Å². The Morgan fingerprint density at radius 1 is 0.966 bits per heavy atom. The highest BCUT2D eigenvalue weighted by molar-refractivity contribution is 5.57. The van der Waals surface area contributed by atoms with Crippen molar-refractivity contribution in [3.8, 4) is 22.8 Å². The number of rotatable bonds is 3. The quantitative estimate of drug-likeness (QED) is 0.492. The van der Waals surface area contributed by atoms with Gasteiger partial charge in [-0.3, -0.25) is 9.78 Å². The highest BCUT2D eigenvalue weighted by atomic mass is 19.4. The first-order chi connectivity index (χ1) is 13.8. The summed E-state index contributed by atoms with van der Waals surface area (Å²) in [5.74, 6) is -0.558. The second-order valence-corrected chi connectivity index (χ2v) is 5.95. The summed E-state index contributed by atoms with van der Waals surface area (Å²) < 4.78 is 55.3. The summed E-state index contributed by atoms with van der Waals surface area (Å²) in [4.78, 5) is 15.7. The number of halogens is 4. The van der Waals surface area contributed by atoms with E-state index in [2.05, 4.69) is 15.2 Å². The van der Waals surface area contributed by atoms with Crippen LogP contribution in [0.25, 0.3) is 22.8 Å². The van der Waals surface area contributed by atoms with Crippen LogP contribution in [-0.2, 0) is 6.18 Å². The second-order valence-electron chi connectivity index (χ2n) is 5.95. The van der Waals surface area contributed by atoms with E-state index in [1.54, 1.807) is 6.07 Å². The molecular formula is C19H11F4N5O. The Labute approximate surface area is 160 Å². The van der Waals surface area contributed by atoms with E-state index >= 15 is 0 Å². The lowest BCUT2D eigenvalue weighted by molar-refractivity contribution is -0.141. The molecule has 3 aromatic heterocycles. The minimum absolute atomic E-state index is 0.0607. The average molecular weight is 401 g/mol. The molecule has 0 atom stereocenters. The SMILES string of the molecule is O=c1ccn(-c2ccnc(C(F)(F)F)c2)nc1-c1ccnn1-c1ccccc1F. The summed E-state index contributed by atoms with van der Waals surface area (Å²) in [6.45, 7) is 0. The molecule has 4 aromatic rings. The van der Waals surface area contributed by atoms with Crippen LogP contribution in [0.3, 0.4) is 0 Å². The number of hydrogen-bond acceptors (Lipinski definition) is 4. The largest absolute Gasteiger partial charge is 0.433 e. The summed E-state index contributed by atoms with van der Waals surface area (Å²) in [5.41, 5.74) is -1.33. The molecule has 1 aromatic carbocycles. The summed E-state index contributed by atoms with van der Waals surface area (Å²) in [5, 5.41) is 8.19. The van der Waals surface area contributed by atoms with Gasteiger partial charge >= 0.3 is 6.18 Å². The zero-order chi connectivity index (χ0) is 20.6. The molecule has 29 heavy (non-hydrogen) atoms. The Morgan fingerprint density at radius 3 is 2.52 bits per heavy atom. The molecule has 0 bridgehead atoms. The van der Waals surface area contributed by atoms with Crippen molar-refractivity contribution in [1.82, 2.24) is 24.5 Å². The van der Waals surface area contributed by atoms with Gasteiger partial charge in [-0.15, -0.1) is 0 Å². The van der Waals surface area contributed by atoms with Crippen LogP contribution in [0.15, 0.2) is 71.9 Å². The van der Waals surface area contributed by atoms with E-state index in [4.69, 9.17) is 0 Å². The van der Waals surface area contributed by atoms with Gasteiger partial charge in [0, 0.05) is 18.5 Å². The molecular weight excluding hydrogens is 390 g/mol.